The number of carbonyl (C=O) groups is 2. The van der Waals surface area contributed by atoms with Crippen LogP contribution in [0.2, 0.25) is 5.02 Å². The monoisotopic (exact) mass is 369 g/mol. The van der Waals surface area contributed by atoms with Gasteiger partial charge < -0.3 is 9.80 Å². The number of hydrogen-bond donors (Lipinski definition) is 1. The maximum absolute atomic E-state index is 12.9. The predicted molar refractivity (Wildman–Crippen MR) is 98.2 cm³/mol. The lowest BCUT2D eigenvalue weighted by Gasteiger charge is -2.39. The van der Waals surface area contributed by atoms with Crippen molar-refractivity contribution in [3.63, 3.8) is 0 Å². The number of halogens is 1. The Morgan fingerprint density at radius 1 is 1.19 bits per heavy atom. The highest BCUT2D eigenvalue weighted by Gasteiger charge is 2.33. The molecule has 1 aliphatic rings. The van der Waals surface area contributed by atoms with E-state index in [4.69, 9.17) is 11.6 Å². The average Bonchev–Trinajstić information content (AvgIpc) is 3.10. The summed E-state index contributed by atoms with van der Waals surface area (Å²) < 4.78 is 0. The Hall–Kier alpha value is -2.93. The molecule has 3 aromatic rings. The number of fused-ring (bicyclic) bond motifs is 1. The highest BCUT2D eigenvalue weighted by atomic mass is 35.5. The second-order valence-electron chi connectivity index (χ2n) is 6.29. The van der Waals surface area contributed by atoms with Gasteiger partial charge in [-0.2, -0.15) is 15.4 Å². The first kappa shape index (κ1) is 16.5. The minimum Gasteiger partial charge on any atom is -0.325 e. The van der Waals surface area contributed by atoms with Crippen LogP contribution in [0.15, 0.2) is 42.5 Å². The molecule has 2 aromatic carbocycles. The second-order valence-corrected chi connectivity index (χ2v) is 6.73. The lowest BCUT2D eigenvalue weighted by molar-refractivity contribution is -0.121. The fraction of sp³-hybridized carbons (Fsp3) is 0.222. The minimum atomic E-state index is -0.193. The van der Waals surface area contributed by atoms with Crippen LogP contribution in [0.25, 0.3) is 11.0 Å². The fourth-order valence-corrected chi connectivity index (χ4v) is 3.34. The molecule has 7 nitrogen and oxygen atoms in total. The molecule has 1 fully saturated rings. The molecule has 1 saturated heterocycles. The maximum atomic E-state index is 12.9. The molecule has 1 atom stereocenters. The van der Waals surface area contributed by atoms with E-state index in [0.717, 1.165) is 5.69 Å². The van der Waals surface area contributed by atoms with E-state index in [1.54, 1.807) is 46.2 Å². The van der Waals surface area contributed by atoms with Crippen molar-refractivity contribution in [3.05, 3.63) is 53.1 Å². The zero-order valence-corrected chi connectivity index (χ0v) is 14.8. The van der Waals surface area contributed by atoms with Gasteiger partial charge in [-0.15, -0.1) is 0 Å². The van der Waals surface area contributed by atoms with Crippen molar-refractivity contribution in [1.82, 2.24) is 20.3 Å². The summed E-state index contributed by atoms with van der Waals surface area (Å²) in [6.07, 6.45) is 0. The summed E-state index contributed by atoms with van der Waals surface area (Å²) in [7, 11) is 0. The first-order valence-corrected chi connectivity index (χ1v) is 8.58. The van der Waals surface area contributed by atoms with Crippen LogP contribution in [0, 0.1) is 0 Å². The maximum Gasteiger partial charge on any atom is 0.254 e. The smallest absolute Gasteiger partial charge is 0.254 e. The number of aromatic nitrogens is 3. The van der Waals surface area contributed by atoms with Gasteiger partial charge in [0.2, 0.25) is 5.91 Å². The lowest BCUT2D eigenvalue weighted by atomic mass is 10.1. The van der Waals surface area contributed by atoms with E-state index in [2.05, 4.69) is 15.4 Å². The van der Waals surface area contributed by atoms with Gasteiger partial charge >= 0.3 is 0 Å². The van der Waals surface area contributed by atoms with Crippen LogP contribution in [0.5, 0.6) is 0 Å². The summed E-state index contributed by atoms with van der Waals surface area (Å²) in [5, 5.41) is 11.1. The van der Waals surface area contributed by atoms with E-state index >= 15 is 0 Å². The van der Waals surface area contributed by atoms with Crippen molar-refractivity contribution in [1.29, 1.82) is 0 Å². The van der Waals surface area contributed by atoms with Crippen molar-refractivity contribution in [3.8, 4) is 0 Å². The Morgan fingerprint density at radius 2 is 2.00 bits per heavy atom. The molecule has 0 saturated carbocycles. The highest BCUT2D eigenvalue weighted by Crippen LogP contribution is 2.24. The topological polar surface area (TPSA) is 82.2 Å². The third-order valence-electron chi connectivity index (χ3n) is 4.53. The van der Waals surface area contributed by atoms with Crippen LogP contribution in [0.4, 0.5) is 5.69 Å². The minimum absolute atomic E-state index is 0.0172. The number of carbonyl (C=O) groups excluding carboxylic acids is 2. The van der Waals surface area contributed by atoms with E-state index in [-0.39, 0.29) is 24.4 Å². The van der Waals surface area contributed by atoms with E-state index in [1.165, 1.54) is 0 Å². The number of nitrogens with zero attached hydrogens (tertiary/aromatic N) is 4. The Bertz CT molecular complexity index is 1000. The zero-order valence-electron chi connectivity index (χ0n) is 14.0. The van der Waals surface area contributed by atoms with Gasteiger partial charge in [-0.3, -0.25) is 9.59 Å². The van der Waals surface area contributed by atoms with Crippen molar-refractivity contribution < 1.29 is 9.59 Å². The van der Waals surface area contributed by atoms with Crippen molar-refractivity contribution in [2.75, 3.05) is 18.0 Å². The lowest BCUT2D eigenvalue weighted by Crippen LogP contribution is -2.57. The normalized spacial score (nSPS) is 17.8. The quantitative estimate of drug-likeness (QED) is 0.752. The number of piperazine rings is 1. The van der Waals surface area contributed by atoms with Gasteiger partial charge in [0.05, 0.1) is 0 Å². The first-order chi connectivity index (χ1) is 12.5. The average molecular weight is 370 g/mol. The number of nitrogens with one attached hydrogen (secondary N) is 1. The molecular formula is C18H16ClN5O2. The van der Waals surface area contributed by atoms with Gasteiger partial charge in [0, 0.05) is 28.9 Å². The van der Waals surface area contributed by atoms with Gasteiger partial charge in [-0.05, 0) is 43.3 Å². The highest BCUT2D eigenvalue weighted by molar-refractivity contribution is 6.31. The van der Waals surface area contributed by atoms with Crippen LogP contribution in [0.1, 0.15) is 17.3 Å². The van der Waals surface area contributed by atoms with Crippen molar-refractivity contribution in [2.45, 2.75) is 13.0 Å². The van der Waals surface area contributed by atoms with Crippen LogP contribution >= 0.6 is 11.6 Å². The number of benzene rings is 2. The molecular weight excluding hydrogens is 354 g/mol. The number of H-pyrrole nitrogens is 1. The molecule has 1 aliphatic heterocycles. The molecule has 1 N–H and O–H groups in total. The largest absolute Gasteiger partial charge is 0.325 e. The van der Waals surface area contributed by atoms with E-state index in [9.17, 15) is 9.59 Å². The number of amides is 2. The molecule has 132 valence electrons. The van der Waals surface area contributed by atoms with Gasteiger partial charge in [0.1, 0.15) is 17.6 Å². The van der Waals surface area contributed by atoms with Crippen LogP contribution in [-0.4, -0.2) is 51.3 Å². The molecule has 0 spiro atoms. The summed E-state index contributed by atoms with van der Waals surface area (Å²) in [4.78, 5) is 28.8. The fourth-order valence-electron chi connectivity index (χ4n) is 3.16. The first-order valence-electron chi connectivity index (χ1n) is 8.20. The molecule has 26 heavy (non-hydrogen) atoms. The van der Waals surface area contributed by atoms with E-state index in [1.807, 2.05) is 13.0 Å². The summed E-state index contributed by atoms with van der Waals surface area (Å²) in [6, 6.07) is 12.1. The summed E-state index contributed by atoms with van der Waals surface area (Å²) in [5.74, 6) is -0.331. The van der Waals surface area contributed by atoms with E-state index < -0.39 is 0 Å². The van der Waals surface area contributed by atoms with Gasteiger partial charge in [-0.25, -0.2) is 0 Å². The van der Waals surface area contributed by atoms with Crippen LogP contribution < -0.4 is 4.90 Å². The van der Waals surface area contributed by atoms with Crippen LogP contribution in [0.3, 0.4) is 0 Å². The number of anilines is 1. The Labute approximate surface area is 154 Å². The standard InChI is InChI=1S/C18H16ClN5O2/c1-11-9-24(14-4-2-3-13(19)8-14)17(25)10-23(11)18(26)12-5-6-15-16(7-12)21-22-20-15/h2-8,11H,9-10H2,1H3,(H,20,21,22)/t11-/m0/s1. The molecule has 1 aromatic heterocycles. The third-order valence-corrected chi connectivity index (χ3v) is 4.76. The van der Waals surface area contributed by atoms with E-state index in [0.29, 0.717) is 28.2 Å². The Kier molecular flexibility index (Phi) is 4.08. The molecule has 4 rings (SSSR count). The second kappa shape index (κ2) is 6.42. The van der Waals surface area contributed by atoms with Gasteiger partial charge in [0.25, 0.3) is 5.91 Å². The number of hydrogen-bond acceptors (Lipinski definition) is 4. The SMILES string of the molecule is C[C@H]1CN(c2cccc(Cl)c2)C(=O)CN1C(=O)c1ccc2n[nH]nc2c1. The summed E-state index contributed by atoms with van der Waals surface area (Å²) in [5.41, 5.74) is 2.54. The molecule has 0 radical (unpaired) electrons. The van der Waals surface area contributed by atoms with Crippen molar-refractivity contribution in [2.24, 2.45) is 0 Å². The Morgan fingerprint density at radius 3 is 2.81 bits per heavy atom. The van der Waals surface area contributed by atoms with Gasteiger partial charge in [0.15, 0.2) is 0 Å². The molecule has 2 heterocycles. The molecule has 0 aliphatic carbocycles. The van der Waals surface area contributed by atoms with Crippen molar-refractivity contribution >= 4 is 40.1 Å². The molecule has 0 bridgehead atoms. The number of rotatable bonds is 2. The van der Waals surface area contributed by atoms with Gasteiger partial charge in [-0.1, -0.05) is 17.7 Å². The number of aromatic amines is 1. The molecule has 8 heteroatoms. The summed E-state index contributed by atoms with van der Waals surface area (Å²) in [6.45, 7) is 2.36. The zero-order chi connectivity index (χ0) is 18.3. The van der Waals surface area contributed by atoms with Crippen LogP contribution in [-0.2, 0) is 4.79 Å². The third kappa shape index (κ3) is 2.90. The Balaban J connectivity index is 1.57. The summed E-state index contributed by atoms with van der Waals surface area (Å²) >= 11 is 6.03. The predicted octanol–water partition coefficient (Wildman–Crippen LogP) is 2.49. The molecule has 0 unspecified atom stereocenters. The molecule has 2 amide bonds.